The average Bonchev–Trinajstić information content (AvgIpc) is 2.59. The molecule has 1 atom stereocenters. The smallest absolute Gasteiger partial charge is 0.0405 e. The van der Waals surface area contributed by atoms with E-state index in [2.05, 4.69) is 36.9 Å². The van der Waals surface area contributed by atoms with Gasteiger partial charge in [0.15, 0.2) is 0 Å². The first kappa shape index (κ1) is 10.5. The molecule has 82 valence electrons. The van der Waals surface area contributed by atoms with E-state index in [4.69, 9.17) is 5.73 Å². The SMILES string of the molecule is CCN1CC(CCN)c2c(C)cccc21. The van der Waals surface area contributed by atoms with E-state index in [1.165, 1.54) is 16.8 Å². The van der Waals surface area contributed by atoms with Crippen LogP contribution in [0.25, 0.3) is 0 Å². The Kier molecular flexibility index (Phi) is 2.96. The molecule has 15 heavy (non-hydrogen) atoms. The van der Waals surface area contributed by atoms with Crippen LogP contribution in [0.3, 0.4) is 0 Å². The summed E-state index contributed by atoms with van der Waals surface area (Å²) in [7, 11) is 0. The van der Waals surface area contributed by atoms with Crippen LogP contribution in [0.1, 0.15) is 30.4 Å². The highest BCUT2D eigenvalue weighted by molar-refractivity contribution is 5.62. The molecule has 0 saturated heterocycles. The molecule has 1 aliphatic rings. The van der Waals surface area contributed by atoms with Crippen LogP contribution in [0.2, 0.25) is 0 Å². The molecule has 2 N–H and O–H groups in total. The van der Waals surface area contributed by atoms with Crippen molar-refractivity contribution in [2.24, 2.45) is 5.73 Å². The number of fused-ring (bicyclic) bond motifs is 1. The zero-order chi connectivity index (χ0) is 10.8. The van der Waals surface area contributed by atoms with Crippen molar-refractivity contribution in [3.63, 3.8) is 0 Å². The van der Waals surface area contributed by atoms with Gasteiger partial charge in [0.1, 0.15) is 0 Å². The van der Waals surface area contributed by atoms with Gasteiger partial charge in [0.05, 0.1) is 0 Å². The molecule has 1 unspecified atom stereocenters. The van der Waals surface area contributed by atoms with Gasteiger partial charge in [0, 0.05) is 24.7 Å². The number of benzene rings is 1. The standard InChI is InChI=1S/C13H20N2/c1-3-15-9-11(7-8-14)13-10(2)5-4-6-12(13)15/h4-6,11H,3,7-9,14H2,1-2H3. The van der Waals surface area contributed by atoms with Crippen LogP contribution < -0.4 is 10.6 Å². The quantitative estimate of drug-likeness (QED) is 0.818. The van der Waals surface area contributed by atoms with Gasteiger partial charge in [0.25, 0.3) is 0 Å². The van der Waals surface area contributed by atoms with E-state index in [0.29, 0.717) is 5.92 Å². The van der Waals surface area contributed by atoms with Crippen LogP contribution in [0.5, 0.6) is 0 Å². The molecular weight excluding hydrogens is 184 g/mol. The molecule has 0 spiro atoms. The second-order valence-corrected chi connectivity index (χ2v) is 4.32. The van der Waals surface area contributed by atoms with E-state index in [1.807, 2.05) is 0 Å². The fourth-order valence-electron chi connectivity index (χ4n) is 2.66. The van der Waals surface area contributed by atoms with Gasteiger partial charge in [-0.2, -0.15) is 0 Å². The molecule has 1 aromatic rings. The summed E-state index contributed by atoms with van der Waals surface area (Å²) in [5, 5.41) is 0. The number of rotatable bonds is 3. The minimum atomic E-state index is 0.645. The largest absolute Gasteiger partial charge is 0.371 e. The molecule has 0 saturated carbocycles. The van der Waals surface area contributed by atoms with Crippen molar-refractivity contribution in [3.8, 4) is 0 Å². The summed E-state index contributed by atoms with van der Waals surface area (Å²) < 4.78 is 0. The molecule has 0 bridgehead atoms. The van der Waals surface area contributed by atoms with E-state index in [9.17, 15) is 0 Å². The summed E-state index contributed by atoms with van der Waals surface area (Å²) in [6, 6.07) is 6.60. The predicted molar refractivity (Wildman–Crippen MR) is 65.5 cm³/mol. The van der Waals surface area contributed by atoms with Crippen molar-refractivity contribution in [3.05, 3.63) is 29.3 Å². The maximum Gasteiger partial charge on any atom is 0.0405 e. The molecular formula is C13H20N2. The fourth-order valence-corrected chi connectivity index (χ4v) is 2.66. The summed E-state index contributed by atoms with van der Waals surface area (Å²) >= 11 is 0. The van der Waals surface area contributed by atoms with Crippen LogP contribution in [0.15, 0.2) is 18.2 Å². The minimum absolute atomic E-state index is 0.645. The summed E-state index contributed by atoms with van der Waals surface area (Å²) in [6.07, 6.45) is 1.11. The molecule has 1 aromatic carbocycles. The number of hydrogen-bond donors (Lipinski definition) is 1. The lowest BCUT2D eigenvalue weighted by molar-refractivity contribution is 0.648. The molecule has 2 nitrogen and oxygen atoms in total. The van der Waals surface area contributed by atoms with Gasteiger partial charge in [-0.05, 0) is 44.0 Å². The zero-order valence-electron chi connectivity index (χ0n) is 9.66. The molecule has 2 heteroatoms. The van der Waals surface area contributed by atoms with Crippen LogP contribution in [0, 0.1) is 6.92 Å². The Morgan fingerprint density at radius 2 is 2.27 bits per heavy atom. The third-order valence-corrected chi connectivity index (χ3v) is 3.39. The van der Waals surface area contributed by atoms with E-state index < -0.39 is 0 Å². The third-order valence-electron chi connectivity index (χ3n) is 3.39. The van der Waals surface area contributed by atoms with Crippen molar-refractivity contribution < 1.29 is 0 Å². The van der Waals surface area contributed by atoms with Gasteiger partial charge in [-0.1, -0.05) is 12.1 Å². The molecule has 1 heterocycles. The van der Waals surface area contributed by atoms with Gasteiger partial charge < -0.3 is 10.6 Å². The van der Waals surface area contributed by atoms with Crippen LogP contribution in [-0.4, -0.2) is 19.6 Å². The molecule has 0 fully saturated rings. The first-order valence-corrected chi connectivity index (χ1v) is 5.82. The molecule has 0 aromatic heterocycles. The lowest BCUT2D eigenvalue weighted by Gasteiger charge is -2.16. The van der Waals surface area contributed by atoms with Crippen molar-refractivity contribution in [1.29, 1.82) is 0 Å². The minimum Gasteiger partial charge on any atom is -0.371 e. The summed E-state index contributed by atoms with van der Waals surface area (Å²) in [6.45, 7) is 7.46. The lowest BCUT2D eigenvalue weighted by atomic mass is 9.94. The van der Waals surface area contributed by atoms with Gasteiger partial charge in [-0.15, -0.1) is 0 Å². The van der Waals surface area contributed by atoms with Gasteiger partial charge in [0.2, 0.25) is 0 Å². The van der Waals surface area contributed by atoms with E-state index in [-0.39, 0.29) is 0 Å². The Bertz CT molecular complexity index is 346. The summed E-state index contributed by atoms with van der Waals surface area (Å²) in [4.78, 5) is 2.46. The number of nitrogens with two attached hydrogens (primary N) is 1. The molecule has 2 rings (SSSR count). The number of likely N-dealkylation sites (N-methyl/N-ethyl adjacent to an activating group) is 1. The molecule has 0 aliphatic carbocycles. The van der Waals surface area contributed by atoms with Crippen LogP contribution in [-0.2, 0) is 0 Å². The topological polar surface area (TPSA) is 29.3 Å². The van der Waals surface area contributed by atoms with E-state index in [1.54, 1.807) is 0 Å². The van der Waals surface area contributed by atoms with Gasteiger partial charge in [-0.3, -0.25) is 0 Å². The Morgan fingerprint density at radius 3 is 2.93 bits per heavy atom. The Labute approximate surface area is 92.1 Å². The number of nitrogens with zero attached hydrogens (tertiary/aromatic N) is 1. The highest BCUT2D eigenvalue weighted by Crippen LogP contribution is 2.39. The number of aryl methyl sites for hydroxylation is 1. The van der Waals surface area contributed by atoms with Crippen LogP contribution >= 0.6 is 0 Å². The van der Waals surface area contributed by atoms with Gasteiger partial charge >= 0.3 is 0 Å². The van der Waals surface area contributed by atoms with Crippen molar-refractivity contribution >= 4 is 5.69 Å². The Morgan fingerprint density at radius 1 is 1.47 bits per heavy atom. The van der Waals surface area contributed by atoms with Crippen molar-refractivity contribution in [1.82, 2.24) is 0 Å². The van der Waals surface area contributed by atoms with Crippen LogP contribution in [0.4, 0.5) is 5.69 Å². The monoisotopic (exact) mass is 204 g/mol. The Balaban J connectivity index is 2.39. The van der Waals surface area contributed by atoms with Gasteiger partial charge in [-0.25, -0.2) is 0 Å². The molecule has 0 radical (unpaired) electrons. The number of anilines is 1. The predicted octanol–water partition coefficient (Wildman–Crippen LogP) is 2.27. The molecule has 0 amide bonds. The molecule has 1 aliphatic heterocycles. The highest BCUT2D eigenvalue weighted by atomic mass is 15.1. The Hall–Kier alpha value is -1.02. The summed E-state index contributed by atoms with van der Waals surface area (Å²) in [5.41, 5.74) is 10.1. The lowest BCUT2D eigenvalue weighted by Crippen LogP contribution is -2.21. The third kappa shape index (κ3) is 1.74. The fraction of sp³-hybridized carbons (Fsp3) is 0.538. The normalized spacial score (nSPS) is 19.4. The zero-order valence-corrected chi connectivity index (χ0v) is 9.66. The second-order valence-electron chi connectivity index (χ2n) is 4.32. The number of hydrogen-bond acceptors (Lipinski definition) is 2. The first-order valence-electron chi connectivity index (χ1n) is 5.82. The van der Waals surface area contributed by atoms with E-state index >= 15 is 0 Å². The van der Waals surface area contributed by atoms with E-state index in [0.717, 1.165) is 26.1 Å². The second kappa shape index (κ2) is 4.23. The maximum absolute atomic E-state index is 5.68. The van der Waals surface area contributed by atoms with Crippen molar-refractivity contribution in [2.45, 2.75) is 26.2 Å². The maximum atomic E-state index is 5.68. The summed E-state index contributed by atoms with van der Waals surface area (Å²) in [5.74, 6) is 0.645. The first-order chi connectivity index (χ1) is 7.27. The highest BCUT2D eigenvalue weighted by Gasteiger charge is 2.27. The van der Waals surface area contributed by atoms with Crippen molar-refractivity contribution in [2.75, 3.05) is 24.5 Å². The average molecular weight is 204 g/mol.